The number of nitrogens with zero attached hydrogens (tertiary/aromatic N) is 1. The van der Waals surface area contributed by atoms with E-state index in [1.54, 1.807) is 24.4 Å². The van der Waals surface area contributed by atoms with Crippen molar-refractivity contribution in [2.75, 3.05) is 0 Å². The summed E-state index contributed by atoms with van der Waals surface area (Å²) in [5.41, 5.74) is 0.276. The van der Waals surface area contributed by atoms with Gasteiger partial charge in [0.1, 0.15) is 17.1 Å². The highest BCUT2D eigenvalue weighted by Gasteiger charge is 2.12. The lowest BCUT2D eigenvalue weighted by molar-refractivity contribution is 0.451. The second-order valence-corrected chi connectivity index (χ2v) is 4.04. The Morgan fingerprint density at radius 2 is 1.95 bits per heavy atom. The molecule has 3 aromatic rings. The summed E-state index contributed by atoms with van der Waals surface area (Å²) in [6.45, 7) is 0. The summed E-state index contributed by atoms with van der Waals surface area (Å²) in [7, 11) is 0. The van der Waals surface area contributed by atoms with Crippen LogP contribution in [0.25, 0.3) is 22.2 Å². The molecule has 0 radical (unpaired) electrons. The van der Waals surface area contributed by atoms with Crippen LogP contribution in [0, 0.1) is 0 Å². The molecule has 0 amide bonds. The highest BCUT2D eigenvalue weighted by atomic mass is 16.4. The number of hydrogen-bond acceptors (Lipinski definition) is 5. The molecule has 3 rings (SSSR count). The Bertz CT molecular complexity index is 809. The van der Waals surface area contributed by atoms with E-state index < -0.39 is 5.63 Å². The zero-order valence-corrected chi connectivity index (χ0v) is 9.70. The fourth-order valence-electron chi connectivity index (χ4n) is 1.89. The van der Waals surface area contributed by atoms with Crippen LogP contribution in [-0.2, 0) is 0 Å². The molecule has 19 heavy (non-hydrogen) atoms. The fraction of sp³-hybridized carbons (Fsp3) is 0. The van der Waals surface area contributed by atoms with E-state index in [0.717, 1.165) is 0 Å². The number of hydrogen-bond donors (Lipinski definition) is 2. The molecule has 0 aliphatic rings. The molecule has 0 unspecified atom stereocenters. The highest BCUT2D eigenvalue weighted by Crippen LogP contribution is 2.30. The molecule has 2 heterocycles. The predicted molar refractivity (Wildman–Crippen MR) is 69.0 cm³/mol. The topological polar surface area (TPSA) is 83.6 Å². The van der Waals surface area contributed by atoms with Crippen LogP contribution < -0.4 is 5.63 Å². The van der Waals surface area contributed by atoms with Gasteiger partial charge < -0.3 is 14.6 Å². The van der Waals surface area contributed by atoms with Gasteiger partial charge in [0, 0.05) is 18.3 Å². The van der Waals surface area contributed by atoms with Crippen LogP contribution in [0.5, 0.6) is 11.5 Å². The van der Waals surface area contributed by atoms with Crippen molar-refractivity contribution in [1.29, 1.82) is 0 Å². The first-order valence-electron chi connectivity index (χ1n) is 5.56. The van der Waals surface area contributed by atoms with E-state index in [0.29, 0.717) is 11.1 Å². The van der Waals surface area contributed by atoms with Crippen LogP contribution in [0.3, 0.4) is 0 Å². The number of benzene rings is 1. The number of rotatable bonds is 1. The number of phenolic OH excluding ortho intramolecular Hbond substituents is 2. The van der Waals surface area contributed by atoms with Crippen LogP contribution in [0.15, 0.2) is 51.8 Å². The van der Waals surface area contributed by atoms with Crippen molar-refractivity contribution in [1.82, 2.24) is 4.98 Å². The number of fused-ring (bicyclic) bond motifs is 1. The molecule has 5 heteroatoms. The van der Waals surface area contributed by atoms with Gasteiger partial charge in [-0.1, -0.05) is 6.07 Å². The van der Waals surface area contributed by atoms with Gasteiger partial charge in [-0.05, 0) is 18.2 Å². The molecule has 0 atom stereocenters. The zero-order chi connectivity index (χ0) is 13.4. The third-order valence-corrected chi connectivity index (χ3v) is 2.76. The molecule has 0 spiro atoms. The lowest BCUT2D eigenvalue weighted by atomic mass is 10.1. The molecular weight excluding hydrogens is 246 g/mol. The summed E-state index contributed by atoms with van der Waals surface area (Å²) in [5.74, 6) is -0.324. The van der Waals surface area contributed by atoms with Crippen LogP contribution in [-0.4, -0.2) is 15.2 Å². The van der Waals surface area contributed by atoms with Crippen LogP contribution in [0.4, 0.5) is 0 Å². The van der Waals surface area contributed by atoms with E-state index in [4.69, 9.17) is 4.42 Å². The van der Waals surface area contributed by atoms with Crippen LogP contribution in [0.2, 0.25) is 0 Å². The molecule has 0 aliphatic heterocycles. The monoisotopic (exact) mass is 255 g/mol. The van der Waals surface area contributed by atoms with Gasteiger partial charge in [-0.2, -0.15) is 0 Å². The third kappa shape index (κ3) is 1.91. The summed E-state index contributed by atoms with van der Waals surface area (Å²) in [5, 5.41) is 19.5. The average Bonchev–Trinajstić information content (AvgIpc) is 2.38. The van der Waals surface area contributed by atoms with Crippen molar-refractivity contribution >= 4 is 11.0 Å². The maximum atomic E-state index is 11.9. The second kappa shape index (κ2) is 4.13. The van der Waals surface area contributed by atoms with Gasteiger partial charge in [-0.3, -0.25) is 4.98 Å². The Labute approximate surface area is 107 Å². The van der Waals surface area contributed by atoms with Gasteiger partial charge in [-0.25, -0.2) is 4.79 Å². The first-order chi connectivity index (χ1) is 9.15. The largest absolute Gasteiger partial charge is 0.508 e. The molecule has 0 aliphatic carbocycles. The van der Waals surface area contributed by atoms with E-state index in [2.05, 4.69) is 4.98 Å². The smallest absolute Gasteiger partial charge is 0.345 e. The molecule has 0 fully saturated rings. The summed E-state index contributed by atoms with van der Waals surface area (Å²) in [6, 6.07) is 9.13. The molecule has 0 saturated carbocycles. The molecule has 0 saturated heterocycles. The van der Waals surface area contributed by atoms with Gasteiger partial charge in [0.15, 0.2) is 0 Å². The number of pyridine rings is 1. The Morgan fingerprint density at radius 3 is 2.68 bits per heavy atom. The van der Waals surface area contributed by atoms with Gasteiger partial charge in [0.05, 0.1) is 16.6 Å². The summed E-state index contributed by atoms with van der Waals surface area (Å²) < 4.78 is 5.09. The molecule has 5 nitrogen and oxygen atoms in total. The molecule has 0 bridgehead atoms. The van der Waals surface area contributed by atoms with Crippen molar-refractivity contribution in [3.63, 3.8) is 0 Å². The molecule has 2 aromatic heterocycles. The van der Waals surface area contributed by atoms with E-state index in [1.165, 1.54) is 18.2 Å². The van der Waals surface area contributed by atoms with Gasteiger partial charge in [0.2, 0.25) is 0 Å². The Balaban J connectivity index is 2.34. The van der Waals surface area contributed by atoms with Crippen LogP contribution >= 0.6 is 0 Å². The van der Waals surface area contributed by atoms with Gasteiger partial charge >= 0.3 is 5.63 Å². The lowest BCUT2D eigenvalue weighted by Crippen LogP contribution is -2.03. The zero-order valence-electron chi connectivity index (χ0n) is 9.70. The quantitative estimate of drug-likeness (QED) is 0.651. The lowest BCUT2D eigenvalue weighted by Gasteiger charge is -2.04. The normalized spacial score (nSPS) is 10.7. The van der Waals surface area contributed by atoms with Gasteiger partial charge in [0.25, 0.3) is 0 Å². The second-order valence-electron chi connectivity index (χ2n) is 4.04. The predicted octanol–water partition coefficient (Wildman–Crippen LogP) is 2.27. The van der Waals surface area contributed by atoms with Crippen molar-refractivity contribution in [2.45, 2.75) is 0 Å². The van der Waals surface area contributed by atoms with Crippen molar-refractivity contribution in [2.24, 2.45) is 0 Å². The Kier molecular flexibility index (Phi) is 2.45. The molecular formula is C14H9NO4. The Hall–Kier alpha value is -2.82. The van der Waals surface area contributed by atoms with Crippen LogP contribution in [0.1, 0.15) is 0 Å². The summed E-state index contributed by atoms with van der Waals surface area (Å²) in [4.78, 5) is 16.0. The van der Waals surface area contributed by atoms with Crippen molar-refractivity contribution in [3.8, 4) is 22.8 Å². The number of aromatic nitrogens is 1. The first kappa shape index (κ1) is 11.3. The minimum absolute atomic E-state index is 0.127. The minimum Gasteiger partial charge on any atom is -0.508 e. The van der Waals surface area contributed by atoms with E-state index >= 15 is 0 Å². The third-order valence-electron chi connectivity index (χ3n) is 2.76. The first-order valence-corrected chi connectivity index (χ1v) is 5.56. The molecule has 2 N–H and O–H groups in total. The minimum atomic E-state index is -0.573. The Morgan fingerprint density at radius 1 is 1.11 bits per heavy atom. The molecule has 1 aromatic carbocycles. The van der Waals surface area contributed by atoms with E-state index in [9.17, 15) is 15.0 Å². The fourth-order valence-corrected chi connectivity index (χ4v) is 1.89. The highest BCUT2D eigenvalue weighted by molar-refractivity contribution is 5.87. The van der Waals surface area contributed by atoms with Gasteiger partial charge in [-0.15, -0.1) is 0 Å². The number of phenols is 2. The van der Waals surface area contributed by atoms with E-state index in [1.807, 2.05) is 0 Å². The van der Waals surface area contributed by atoms with Crippen molar-refractivity contribution < 1.29 is 14.6 Å². The van der Waals surface area contributed by atoms with Crippen molar-refractivity contribution in [3.05, 3.63) is 53.0 Å². The maximum absolute atomic E-state index is 11.9. The standard InChI is InChI=1S/C14H9NO4/c16-8-5-12(17)10-7-9(11-3-1-2-4-15-11)14(18)19-13(10)6-8/h1-7,16-17H. The summed E-state index contributed by atoms with van der Waals surface area (Å²) in [6.07, 6.45) is 1.57. The average molecular weight is 255 g/mol. The molecule has 94 valence electrons. The van der Waals surface area contributed by atoms with E-state index in [-0.39, 0.29) is 22.6 Å². The number of aromatic hydroxyl groups is 2. The maximum Gasteiger partial charge on any atom is 0.345 e. The summed E-state index contributed by atoms with van der Waals surface area (Å²) >= 11 is 0. The SMILES string of the molecule is O=c1oc2cc(O)cc(O)c2cc1-c1ccccn1.